The molecule has 4 nitrogen and oxygen atoms in total. The lowest BCUT2D eigenvalue weighted by Gasteiger charge is -2.15. The van der Waals surface area contributed by atoms with Gasteiger partial charge < -0.3 is 15.2 Å². The molecule has 0 bridgehead atoms. The fourth-order valence-corrected chi connectivity index (χ4v) is 1.70. The second-order valence-electron chi connectivity index (χ2n) is 4.31. The van der Waals surface area contributed by atoms with Gasteiger partial charge in [0.1, 0.15) is 18.5 Å². The van der Waals surface area contributed by atoms with Gasteiger partial charge in [-0.3, -0.25) is 0 Å². The van der Waals surface area contributed by atoms with E-state index >= 15 is 0 Å². The molecule has 2 unspecified atom stereocenters. The zero-order chi connectivity index (χ0) is 14.1. The van der Waals surface area contributed by atoms with Gasteiger partial charge in [-0.1, -0.05) is 6.92 Å². The first-order valence-electron chi connectivity index (χ1n) is 6.20. The van der Waals surface area contributed by atoms with Gasteiger partial charge in [-0.25, -0.2) is 0 Å². The molecule has 104 valence electrons. The van der Waals surface area contributed by atoms with Crippen LogP contribution in [0.3, 0.4) is 0 Å². The second-order valence-corrected chi connectivity index (χ2v) is 5.58. The molecule has 0 amide bonds. The van der Waals surface area contributed by atoms with Crippen LogP contribution in [0.4, 0.5) is 0 Å². The van der Waals surface area contributed by atoms with E-state index in [0.29, 0.717) is 23.1 Å². The van der Waals surface area contributed by atoms with Crippen molar-refractivity contribution in [1.82, 2.24) is 5.32 Å². The molecule has 1 aromatic rings. The maximum atomic E-state index is 9.75. The number of thioether (sulfide) groups is 1. The molecule has 0 fully saturated rings. The van der Waals surface area contributed by atoms with Crippen LogP contribution in [0.5, 0.6) is 5.75 Å². The molecule has 5 heteroatoms. The van der Waals surface area contributed by atoms with Crippen molar-refractivity contribution in [3.05, 3.63) is 29.8 Å². The highest BCUT2D eigenvalue weighted by atomic mass is 32.2. The van der Waals surface area contributed by atoms with Crippen molar-refractivity contribution < 1.29 is 9.84 Å². The van der Waals surface area contributed by atoms with Crippen LogP contribution in [-0.2, 0) is 0 Å². The SMILES string of the molecule is CSC(C)CNCC(O)COc1ccc(C#N)cc1. The predicted octanol–water partition coefficient (Wildman–Crippen LogP) is 1.64. The van der Waals surface area contributed by atoms with Crippen LogP contribution in [0.15, 0.2) is 24.3 Å². The van der Waals surface area contributed by atoms with Crippen LogP contribution in [0.1, 0.15) is 12.5 Å². The zero-order valence-electron chi connectivity index (χ0n) is 11.3. The Kier molecular flexibility index (Phi) is 7.34. The third-order valence-corrected chi connectivity index (χ3v) is 3.61. The molecule has 19 heavy (non-hydrogen) atoms. The summed E-state index contributed by atoms with van der Waals surface area (Å²) in [6.45, 7) is 3.76. The Labute approximate surface area is 118 Å². The summed E-state index contributed by atoms with van der Waals surface area (Å²) in [5.74, 6) is 0.663. The maximum absolute atomic E-state index is 9.75. The van der Waals surface area contributed by atoms with Crippen LogP contribution >= 0.6 is 11.8 Å². The van der Waals surface area contributed by atoms with Crippen LogP contribution < -0.4 is 10.1 Å². The third kappa shape index (κ3) is 6.48. The Morgan fingerprint density at radius 3 is 2.63 bits per heavy atom. The smallest absolute Gasteiger partial charge is 0.119 e. The Morgan fingerprint density at radius 2 is 2.05 bits per heavy atom. The molecule has 0 saturated heterocycles. The fourth-order valence-electron chi connectivity index (χ4n) is 1.41. The van der Waals surface area contributed by atoms with Gasteiger partial charge in [-0.15, -0.1) is 0 Å². The number of ether oxygens (including phenoxy) is 1. The molecular formula is C14H20N2O2S. The number of hydrogen-bond acceptors (Lipinski definition) is 5. The van der Waals surface area contributed by atoms with E-state index in [4.69, 9.17) is 10.00 Å². The Hall–Kier alpha value is -1.22. The minimum absolute atomic E-state index is 0.243. The lowest BCUT2D eigenvalue weighted by Crippen LogP contribution is -2.34. The van der Waals surface area contributed by atoms with Crippen LogP contribution in [0, 0.1) is 11.3 Å². The highest BCUT2D eigenvalue weighted by molar-refractivity contribution is 7.99. The topological polar surface area (TPSA) is 65.3 Å². The molecule has 1 rings (SSSR count). The molecule has 0 heterocycles. The number of nitrogens with one attached hydrogen (secondary N) is 1. The number of hydrogen-bond donors (Lipinski definition) is 2. The molecule has 0 aliphatic rings. The summed E-state index contributed by atoms with van der Waals surface area (Å²) < 4.78 is 5.45. The summed E-state index contributed by atoms with van der Waals surface area (Å²) in [5.41, 5.74) is 0.598. The number of nitrogens with zero attached hydrogens (tertiary/aromatic N) is 1. The Balaban J connectivity index is 2.22. The standard InChI is InChI=1S/C14H20N2O2S/c1-11(19-2)8-16-9-13(17)10-18-14-5-3-12(7-15)4-6-14/h3-6,11,13,16-17H,8-10H2,1-2H3. The molecule has 0 saturated carbocycles. The van der Waals surface area contributed by atoms with E-state index in [0.717, 1.165) is 6.54 Å². The first kappa shape index (κ1) is 15.8. The molecule has 0 spiro atoms. The molecule has 1 aromatic carbocycles. The van der Waals surface area contributed by atoms with Crippen molar-refractivity contribution in [2.45, 2.75) is 18.3 Å². The third-order valence-electron chi connectivity index (χ3n) is 2.64. The van der Waals surface area contributed by atoms with Gasteiger partial charge in [-0.2, -0.15) is 17.0 Å². The predicted molar refractivity (Wildman–Crippen MR) is 78.5 cm³/mol. The second kappa shape index (κ2) is 8.81. The number of benzene rings is 1. The zero-order valence-corrected chi connectivity index (χ0v) is 12.1. The van der Waals surface area contributed by atoms with E-state index in [9.17, 15) is 5.11 Å². The minimum atomic E-state index is -0.537. The summed E-state index contributed by atoms with van der Waals surface area (Å²) in [6, 6.07) is 8.90. The number of aliphatic hydroxyl groups is 1. The monoisotopic (exact) mass is 280 g/mol. The van der Waals surface area contributed by atoms with Crippen molar-refractivity contribution in [2.24, 2.45) is 0 Å². The van der Waals surface area contributed by atoms with Gasteiger partial charge in [0.25, 0.3) is 0 Å². The van der Waals surface area contributed by atoms with Crippen LogP contribution in [0.25, 0.3) is 0 Å². The molecule has 0 aliphatic heterocycles. The van der Waals surface area contributed by atoms with Crippen molar-refractivity contribution >= 4 is 11.8 Å². The maximum Gasteiger partial charge on any atom is 0.119 e. The quantitative estimate of drug-likeness (QED) is 0.758. The minimum Gasteiger partial charge on any atom is -0.491 e. The van der Waals surface area contributed by atoms with Crippen molar-refractivity contribution in [3.63, 3.8) is 0 Å². The largest absolute Gasteiger partial charge is 0.491 e. The number of nitriles is 1. The number of aliphatic hydroxyl groups excluding tert-OH is 1. The molecule has 0 radical (unpaired) electrons. The fraction of sp³-hybridized carbons (Fsp3) is 0.500. The molecule has 0 aliphatic carbocycles. The van der Waals surface area contributed by atoms with Gasteiger partial charge >= 0.3 is 0 Å². The molecular weight excluding hydrogens is 260 g/mol. The Bertz CT molecular complexity index is 403. The molecule has 2 atom stereocenters. The van der Waals surface area contributed by atoms with Gasteiger partial charge in [-0.05, 0) is 30.5 Å². The summed E-state index contributed by atoms with van der Waals surface area (Å²) >= 11 is 1.79. The van der Waals surface area contributed by atoms with Gasteiger partial charge in [0.05, 0.1) is 11.6 Å². The average Bonchev–Trinajstić information content (AvgIpc) is 2.45. The van der Waals surface area contributed by atoms with Crippen LogP contribution in [-0.4, -0.2) is 42.4 Å². The first-order chi connectivity index (χ1) is 9.15. The normalized spacial score (nSPS) is 13.6. The summed E-state index contributed by atoms with van der Waals surface area (Å²) in [5, 5.41) is 22.1. The highest BCUT2D eigenvalue weighted by Gasteiger charge is 2.06. The van der Waals surface area contributed by atoms with Crippen LogP contribution in [0.2, 0.25) is 0 Å². The average molecular weight is 280 g/mol. The molecule has 2 N–H and O–H groups in total. The highest BCUT2D eigenvalue weighted by Crippen LogP contribution is 2.11. The summed E-state index contributed by atoms with van der Waals surface area (Å²) in [6.07, 6.45) is 1.53. The van der Waals surface area contributed by atoms with Crippen molar-refractivity contribution in [2.75, 3.05) is 26.0 Å². The molecule has 0 aromatic heterocycles. The van der Waals surface area contributed by atoms with E-state index in [1.807, 2.05) is 6.07 Å². The lowest BCUT2D eigenvalue weighted by atomic mass is 10.2. The first-order valence-corrected chi connectivity index (χ1v) is 7.49. The van der Waals surface area contributed by atoms with E-state index in [2.05, 4.69) is 18.5 Å². The van der Waals surface area contributed by atoms with Gasteiger partial charge in [0.2, 0.25) is 0 Å². The van der Waals surface area contributed by atoms with E-state index in [1.165, 1.54) is 0 Å². The van der Waals surface area contributed by atoms with Crippen molar-refractivity contribution in [1.29, 1.82) is 5.26 Å². The van der Waals surface area contributed by atoms with E-state index in [1.54, 1.807) is 36.0 Å². The number of rotatable bonds is 8. The van der Waals surface area contributed by atoms with Crippen molar-refractivity contribution in [3.8, 4) is 11.8 Å². The lowest BCUT2D eigenvalue weighted by molar-refractivity contribution is 0.106. The van der Waals surface area contributed by atoms with E-state index in [-0.39, 0.29) is 6.61 Å². The summed E-state index contributed by atoms with van der Waals surface area (Å²) in [7, 11) is 0. The van der Waals surface area contributed by atoms with E-state index < -0.39 is 6.10 Å². The van der Waals surface area contributed by atoms with Gasteiger partial charge in [0.15, 0.2) is 0 Å². The van der Waals surface area contributed by atoms with Gasteiger partial charge in [0, 0.05) is 18.3 Å². The summed E-state index contributed by atoms with van der Waals surface area (Å²) in [4.78, 5) is 0. The Morgan fingerprint density at radius 1 is 1.37 bits per heavy atom.